The second kappa shape index (κ2) is 5.74. The Kier molecular flexibility index (Phi) is 3.63. The van der Waals surface area contributed by atoms with E-state index in [1.165, 1.54) is 0 Å². The van der Waals surface area contributed by atoms with Crippen LogP contribution in [0.1, 0.15) is 24.0 Å². The summed E-state index contributed by atoms with van der Waals surface area (Å²) >= 11 is 0. The molecule has 0 amide bonds. The molecule has 0 fully saturated rings. The van der Waals surface area contributed by atoms with Crippen LogP contribution >= 0.6 is 0 Å². The predicted molar refractivity (Wildman–Crippen MR) is 83.9 cm³/mol. The van der Waals surface area contributed by atoms with Gasteiger partial charge in [0.25, 0.3) is 0 Å². The van der Waals surface area contributed by atoms with Gasteiger partial charge in [0.15, 0.2) is 0 Å². The van der Waals surface area contributed by atoms with Crippen LogP contribution in [0.15, 0.2) is 72.1 Å². The van der Waals surface area contributed by atoms with Gasteiger partial charge in [0.2, 0.25) is 5.88 Å². The fourth-order valence-electron chi connectivity index (χ4n) is 2.76. The first-order valence-electron chi connectivity index (χ1n) is 6.96. The Hall–Kier alpha value is -3.06. The maximum absolute atomic E-state index is 9.54. The molecule has 1 aliphatic heterocycles. The van der Waals surface area contributed by atoms with Gasteiger partial charge in [-0.05, 0) is 30.2 Å². The quantitative estimate of drug-likeness (QED) is 0.920. The molecule has 0 saturated heterocycles. The van der Waals surface area contributed by atoms with Crippen LogP contribution in [-0.2, 0) is 4.74 Å². The third kappa shape index (κ3) is 2.33. The molecule has 1 aromatic carbocycles. The lowest BCUT2D eigenvalue weighted by Crippen LogP contribution is -2.19. The SMILES string of the molecule is CC1=C(c2ccncc2)C(c2ccccc2)C(C#N)=C(N)O1. The van der Waals surface area contributed by atoms with Crippen molar-refractivity contribution in [1.29, 1.82) is 5.26 Å². The molecule has 108 valence electrons. The van der Waals surface area contributed by atoms with Crippen molar-refractivity contribution in [3.8, 4) is 6.07 Å². The molecule has 0 radical (unpaired) electrons. The number of allylic oxidation sites excluding steroid dienone is 3. The van der Waals surface area contributed by atoms with E-state index in [9.17, 15) is 5.26 Å². The summed E-state index contributed by atoms with van der Waals surface area (Å²) in [6.07, 6.45) is 3.46. The molecule has 1 atom stereocenters. The molecule has 0 saturated carbocycles. The van der Waals surface area contributed by atoms with Crippen molar-refractivity contribution in [3.05, 3.63) is 83.2 Å². The first kappa shape index (κ1) is 13.9. The molecular formula is C18H15N3O. The molecular weight excluding hydrogens is 274 g/mol. The number of nitrogens with two attached hydrogens (primary N) is 1. The average Bonchev–Trinajstić information content (AvgIpc) is 2.56. The normalized spacial score (nSPS) is 17.9. The van der Waals surface area contributed by atoms with Gasteiger partial charge in [-0.1, -0.05) is 30.3 Å². The molecule has 2 N–H and O–H groups in total. The van der Waals surface area contributed by atoms with Crippen LogP contribution < -0.4 is 5.73 Å². The summed E-state index contributed by atoms with van der Waals surface area (Å²) < 4.78 is 5.60. The summed E-state index contributed by atoms with van der Waals surface area (Å²) in [4.78, 5) is 4.05. The second-order valence-corrected chi connectivity index (χ2v) is 5.04. The summed E-state index contributed by atoms with van der Waals surface area (Å²) in [5.74, 6) is 0.644. The highest BCUT2D eigenvalue weighted by Gasteiger charge is 2.31. The van der Waals surface area contributed by atoms with E-state index in [1.54, 1.807) is 12.4 Å². The fraction of sp³-hybridized carbons (Fsp3) is 0.111. The molecule has 2 heterocycles. The maximum Gasteiger partial charge on any atom is 0.205 e. The van der Waals surface area contributed by atoms with Crippen LogP contribution in [0.25, 0.3) is 5.57 Å². The Balaban J connectivity index is 2.22. The smallest absolute Gasteiger partial charge is 0.205 e. The largest absolute Gasteiger partial charge is 0.445 e. The first-order chi connectivity index (χ1) is 10.7. The number of ether oxygens (including phenoxy) is 1. The van der Waals surface area contributed by atoms with E-state index < -0.39 is 0 Å². The number of aromatic nitrogens is 1. The molecule has 4 heteroatoms. The van der Waals surface area contributed by atoms with E-state index in [-0.39, 0.29) is 11.8 Å². The van der Waals surface area contributed by atoms with E-state index >= 15 is 0 Å². The van der Waals surface area contributed by atoms with Crippen molar-refractivity contribution >= 4 is 5.57 Å². The lowest BCUT2D eigenvalue weighted by molar-refractivity contribution is 0.291. The highest BCUT2D eigenvalue weighted by molar-refractivity contribution is 5.78. The summed E-state index contributed by atoms with van der Waals surface area (Å²) in [5, 5.41) is 9.54. The zero-order valence-electron chi connectivity index (χ0n) is 12.2. The molecule has 4 nitrogen and oxygen atoms in total. The topological polar surface area (TPSA) is 71.9 Å². The summed E-state index contributed by atoms with van der Waals surface area (Å²) in [7, 11) is 0. The Morgan fingerprint density at radius 2 is 1.82 bits per heavy atom. The third-order valence-corrected chi connectivity index (χ3v) is 3.73. The van der Waals surface area contributed by atoms with Crippen LogP contribution in [0.5, 0.6) is 0 Å². The lowest BCUT2D eigenvalue weighted by Gasteiger charge is -2.28. The van der Waals surface area contributed by atoms with Gasteiger partial charge in [-0.2, -0.15) is 5.26 Å². The van der Waals surface area contributed by atoms with Gasteiger partial charge < -0.3 is 10.5 Å². The Bertz CT molecular complexity index is 786. The molecule has 22 heavy (non-hydrogen) atoms. The minimum absolute atomic E-state index is 0.173. The zero-order chi connectivity index (χ0) is 15.5. The summed E-state index contributed by atoms with van der Waals surface area (Å²) in [6, 6.07) is 15.9. The van der Waals surface area contributed by atoms with Crippen LogP contribution in [0.2, 0.25) is 0 Å². The standard InChI is InChI=1S/C18H15N3O/c1-12-16(14-7-9-21-10-8-14)17(13-5-3-2-4-6-13)15(11-19)18(20)22-12/h2-10,17H,20H2,1H3. The van der Waals surface area contributed by atoms with Crippen LogP contribution in [0.4, 0.5) is 0 Å². The Morgan fingerprint density at radius 1 is 1.14 bits per heavy atom. The number of nitrogens with zero attached hydrogens (tertiary/aromatic N) is 2. The lowest BCUT2D eigenvalue weighted by atomic mass is 9.80. The average molecular weight is 289 g/mol. The number of hydrogen-bond acceptors (Lipinski definition) is 4. The molecule has 0 aliphatic carbocycles. The van der Waals surface area contributed by atoms with Gasteiger partial charge in [0.05, 0.1) is 5.92 Å². The van der Waals surface area contributed by atoms with Gasteiger partial charge in [0.1, 0.15) is 17.4 Å². The zero-order valence-corrected chi connectivity index (χ0v) is 12.2. The highest BCUT2D eigenvalue weighted by Crippen LogP contribution is 2.43. The first-order valence-corrected chi connectivity index (χ1v) is 6.96. The van der Waals surface area contributed by atoms with Gasteiger partial charge in [-0.15, -0.1) is 0 Å². The third-order valence-electron chi connectivity index (χ3n) is 3.73. The number of rotatable bonds is 2. The maximum atomic E-state index is 9.54. The Morgan fingerprint density at radius 3 is 2.45 bits per heavy atom. The van der Waals surface area contributed by atoms with E-state index in [0.29, 0.717) is 11.3 Å². The minimum atomic E-state index is -0.234. The van der Waals surface area contributed by atoms with E-state index in [2.05, 4.69) is 11.1 Å². The second-order valence-electron chi connectivity index (χ2n) is 5.04. The summed E-state index contributed by atoms with van der Waals surface area (Å²) in [6.45, 7) is 1.87. The molecule has 1 unspecified atom stereocenters. The van der Waals surface area contributed by atoms with E-state index in [4.69, 9.17) is 10.5 Å². The molecule has 0 bridgehead atoms. The van der Waals surface area contributed by atoms with Crippen LogP contribution in [0.3, 0.4) is 0 Å². The van der Waals surface area contributed by atoms with Crippen molar-refractivity contribution in [2.24, 2.45) is 5.73 Å². The van der Waals surface area contributed by atoms with E-state index in [0.717, 1.165) is 16.7 Å². The number of benzene rings is 1. The molecule has 3 rings (SSSR count). The van der Waals surface area contributed by atoms with Crippen LogP contribution in [-0.4, -0.2) is 4.98 Å². The highest BCUT2D eigenvalue weighted by atomic mass is 16.5. The molecule has 2 aromatic rings. The van der Waals surface area contributed by atoms with E-state index in [1.807, 2.05) is 49.4 Å². The van der Waals surface area contributed by atoms with Crippen molar-refractivity contribution in [2.75, 3.05) is 0 Å². The van der Waals surface area contributed by atoms with Gasteiger partial charge in [0, 0.05) is 18.0 Å². The number of pyridine rings is 1. The van der Waals surface area contributed by atoms with Crippen molar-refractivity contribution in [3.63, 3.8) is 0 Å². The van der Waals surface area contributed by atoms with Crippen LogP contribution in [0, 0.1) is 11.3 Å². The predicted octanol–water partition coefficient (Wildman–Crippen LogP) is 3.32. The van der Waals surface area contributed by atoms with Gasteiger partial charge >= 0.3 is 0 Å². The number of nitriles is 1. The Labute approximate surface area is 129 Å². The molecule has 1 aromatic heterocycles. The monoisotopic (exact) mass is 289 g/mol. The molecule has 1 aliphatic rings. The van der Waals surface area contributed by atoms with Crippen molar-refractivity contribution in [1.82, 2.24) is 4.98 Å². The molecule has 0 spiro atoms. The van der Waals surface area contributed by atoms with Gasteiger partial charge in [-0.25, -0.2) is 0 Å². The van der Waals surface area contributed by atoms with Crippen molar-refractivity contribution in [2.45, 2.75) is 12.8 Å². The van der Waals surface area contributed by atoms with Crippen molar-refractivity contribution < 1.29 is 4.74 Å². The fourth-order valence-corrected chi connectivity index (χ4v) is 2.76. The van der Waals surface area contributed by atoms with Gasteiger partial charge in [-0.3, -0.25) is 4.98 Å². The number of hydrogen-bond donors (Lipinski definition) is 1. The minimum Gasteiger partial charge on any atom is -0.445 e. The summed E-state index contributed by atoms with van der Waals surface area (Å²) in [5.41, 5.74) is 9.30.